The van der Waals surface area contributed by atoms with Crippen molar-refractivity contribution < 1.29 is 9.53 Å². The van der Waals surface area contributed by atoms with Gasteiger partial charge in [-0.1, -0.05) is 38.7 Å². The monoisotopic (exact) mass is 353 g/mol. The number of hydrogen-bond donors (Lipinski definition) is 1. The number of halogens is 1. The first-order valence-electron chi connectivity index (χ1n) is 7.89. The third-order valence-corrected chi connectivity index (χ3v) is 4.48. The van der Waals surface area contributed by atoms with Gasteiger partial charge < -0.3 is 10.1 Å². The second-order valence-corrected chi connectivity index (χ2v) is 6.56. The Morgan fingerprint density at radius 3 is 2.76 bits per heavy atom. The molecule has 3 nitrogen and oxygen atoms in total. The molecule has 1 aromatic carbocycles. The highest BCUT2D eigenvalue weighted by atomic mass is 79.9. The van der Waals surface area contributed by atoms with Gasteiger partial charge in [0.25, 0.3) is 5.91 Å². The van der Waals surface area contributed by atoms with Gasteiger partial charge in [-0.2, -0.15) is 0 Å². The summed E-state index contributed by atoms with van der Waals surface area (Å²) in [6.45, 7) is 2.25. The number of ether oxygens (including phenoxy) is 1. The summed E-state index contributed by atoms with van der Waals surface area (Å²) in [6.07, 6.45) is 8.10. The molecule has 1 saturated carbocycles. The van der Waals surface area contributed by atoms with E-state index < -0.39 is 0 Å². The SMILES string of the molecule is CCCc1ccc(OCC(=O)NC2CCCCC2)c(Br)c1. The van der Waals surface area contributed by atoms with Crippen molar-refractivity contribution in [2.45, 2.75) is 57.9 Å². The van der Waals surface area contributed by atoms with Crippen LogP contribution in [0, 0.1) is 0 Å². The highest BCUT2D eigenvalue weighted by Crippen LogP contribution is 2.26. The van der Waals surface area contributed by atoms with E-state index in [4.69, 9.17) is 4.74 Å². The Kier molecular flexibility index (Phi) is 6.55. The van der Waals surface area contributed by atoms with E-state index in [1.807, 2.05) is 6.07 Å². The van der Waals surface area contributed by atoms with Crippen molar-refractivity contribution in [3.05, 3.63) is 28.2 Å². The predicted molar refractivity (Wildman–Crippen MR) is 88.6 cm³/mol. The maximum atomic E-state index is 11.9. The Morgan fingerprint density at radius 1 is 1.33 bits per heavy atom. The van der Waals surface area contributed by atoms with Gasteiger partial charge in [-0.05, 0) is 52.9 Å². The van der Waals surface area contributed by atoms with Gasteiger partial charge in [0.2, 0.25) is 0 Å². The molecule has 0 radical (unpaired) electrons. The van der Waals surface area contributed by atoms with Crippen LogP contribution in [0.25, 0.3) is 0 Å². The van der Waals surface area contributed by atoms with Gasteiger partial charge in [-0.15, -0.1) is 0 Å². The highest BCUT2D eigenvalue weighted by Gasteiger charge is 2.16. The van der Waals surface area contributed by atoms with Crippen molar-refractivity contribution in [1.82, 2.24) is 5.32 Å². The van der Waals surface area contributed by atoms with Crippen LogP contribution in [0.4, 0.5) is 0 Å². The molecule has 0 unspecified atom stereocenters. The molecule has 0 spiro atoms. The number of nitrogens with one attached hydrogen (secondary N) is 1. The number of carbonyl (C=O) groups is 1. The smallest absolute Gasteiger partial charge is 0.258 e. The Labute approximate surface area is 135 Å². The number of aryl methyl sites for hydroxylation is 1. The Balaban J connectivity index is 1.80. The number of amides is 1. The standard InChI is InChI=1S/C17H24BrNO2/c1-2-6-13-9-10-16(15(18)11-13)21-12-17(20)19-14-7-4-3-5-8-14/h9-11,14H,2-8,12H2,1H3,(H,19,20). The molecule has 0 heterocycles. The van der Waals surface area contributed by atoms with E-state index >= 15 is 0 Å². The van der Waals surface area contributed by atoms with Gasteiger partial charge in [0.15, 0.2) is 6.61 Å². The number of hydrogen-bond acceptors (Lipinski definition) is 2. The fourth-order valence-electron chi connectivity index (χ4n) is 2.77. The van der Waals surface area contributed by atoms with Gasteiger partial charge in [0.1, 0.15) is 5.75 Å². The first kappa shape index (κ1) is 16.3. The lowest BCUT2D eigenvalue weighted by Gasteiger charge is -2.22. The van der Waals surface area contributed by atoms with Crippen LogP contribution in [0.5, 0.6) is 5.75 Å². The zero-order chi connectivity index (χ0) is 15.1. The van der Waals surface area contributed by atoms with Crippen LogP contribution in [0.1, 0.15) is 51.0 Å². The maximum Gasteiger partial charge on any atom is 0.258 e. The number of benzene rings is 1. The molecule has 1 aliphatic carbocycles. The predicted octanol–water partition coefficient (Wildman–Crippen LogP) is 4.23. The fraction of sp³-hybridized carbons (Fsp3) is 0.588. The van der Waals surface area contributed by atoms with Crippen molar-refractivity contribution >= 4 is 21.8 Å². The van der Waals surface area contributed by atoms with E-state index in [2.05, 4.69) is 40.3 Å². The topological polar surface area (TPSA) is 38.3 Å². The molecule has 1 aromatic rings. The summed E-state index contributed by atoms with van der Waals surface area (Å²) in [5.74, 6) is 0.708. The van der Waals surface area contributed by atoms with E-state index in [0.717, 1.165) is 35.9 Å². The van der Waals surface area contributed by atoms with E-state index in [9.17, 15) is 4.79 Å². The molecule has 21 heavy (non-hydrogen) atoms. The van der Waals surface area contributed by atoms with Gasteiger partial charge in [0, 0.05) is 6.04 Å². The molecule has 0 aromatic heterocycles. The van der Waals surface area contributed by atoms with Gasteiger partial charge in [-0.25, -0.2) is 0 Å². The average Bonchev–Trinajstić information content (AvgIpc) is 2.48. The van der Waals surface area contributed by atoms with Crippen molar-refractivity contribution in [3.63, 3.8) is 0 Å². The van der Waals surface area contributed by atoms with Crippen LogP contribution in [-0.2, 0) is 11.2 Å². The lowest BCUT2D eigenvalue weighted by Crippen LogP contribution is -2.39. The minimum absolute atomic E-state index is 0.0218. The molecule has 0 aliphatic heterocycles. The summed E-state index contributed by atoms with van der Waals surface area (Å²) in [5, 5.41) is 3.06. The van der Waals surface area contributed by atoms with Crippen LogP contribution >= 0.6 is 15.9 Å². The second-order valence-electron chi connectivity index (χ2n) is 5.71. The third-order valence-electron chi connectivity index (χ3n) is 3.86. The van der Waals surface area contributed by atoms with Crippen LogP contribution in [-0.4, -0.2) is 18.6 Å². The molecule has 1 amide bonds. The van der Waals surface area contributed by atoms with Crippen molar-refractivity contribution in [3.8, 4) is 5.75 Å². The summed E-state index contributed by atoms with van der Waals surface area (Å²) in [4.78, 5) is 11.9. The molecule has 0 bridgehead atoms. The van der Waals surface area contributed by atoms with Gasteiger partial charge in [-0.3, -0.25) is 4.79 Å². The lowest BCUT2D eigenvalue weighted by molar-refractivity contribution is -0.124. The largest absolute Gasteiger partial charge is 0.483 e. The van der Waals surface area contributed by atoms with Crippen LogP contribution < -0.4 is 10.1 Å². The average molecular weight is 354 g/mol. The number of carbonyl (C=O) groups excluding carboxylic acids is 1. The minimum Gasteiger partial charge on any atom is -0.483 e. The molecule has 0 atom stereocenters. The summed E-state index contributed by atoms with van der Waals surface area (Å²) in [7, 11) is 0. The molecule has 2 rings (SSSR count). The van der Waals surface area contributed by atoms with Crippen LogP contribution in [0.15, 0.2) is 22.7 Å². The molecule has 116 valence electrons. The van der Waals surface area contributed by atoms with Crippen molar-refractivity contribution in [1.29, 1.82) is 0 Å². The third kappa shape index (κ3) is 5.34. The molecule has 0 saturated heterocycles. The number of rotatable bonds is 6. The zero-order valence-electron chi connectivity index (χ0n) is 12.7. The van der Waals surface area contributed by atoms with Crippen molar-refractivity contribution in [2.24, 2.45) is 0 Å². The van der Waals surface area contributed by atoms with E-state index in [1.165, 1.54) is 24.8 Å². The molecule has 1 fully saturated rings. The fourth-order valence-corrected chi connectivity index (χ4v) is 3.31. The van der Waals surface area contributed by atoms with E-state index in [0.29, 0.717) is 6.04 Å². The summed E-state index contributed by atoms with van der Waals surface area (Å²) in [6, 6.07) is 6.40. The van der Waals surface area contributed by atoms with Crippen LogP contribution in [0.3, 0.4) is 0 Å². The molecule has 1 aliphatic rings. The van der Waals surface area contributed by atoms with Gasteiger partial charge >= 0.3 is 0 Å². The molecular weight excluding hydrogens is 330 g/mol. The first-order valence-corrected chi connectivity index (χ1v) is 8.69. The van der Waals surface area contributed by atoms with Gasteiger partial charge in [0.05, 0.1) is 4.47 Å². The summed E-state index contributed by atoms with van der Waals surface area (Å²) >= 11 is 3.51. The first-order chi connectivity index (χ1) is 10.2. The lowest BCUT2D eigenvalue weighted by atomic mass is 9.95. The normalized spacial score (nSPS) is 15.7. The molecule has 4 heteroatoms. The van der Waals surface area contributed by atoms with E-state index in [1.54, 1.807) is 0 Å². The molecule has 1 N–H and O–H groups in total. The zero-order valence-corrected chi connectivity index (χ0v) is 14.2. The Hall–Kier alpha value is -1.03. The Bertz CT molecular complexity index is 470. The summed E-state index contributed by atoms with van der Waals surface area (Å²) in [5.41, 5.74) is 1.28. The second kappa shape index (κ2) is 8.42. The highest BCUT2D eigenvalue weighted by molar-refractivity contribution is 9.10. The minimum atomic E-state index is -0.0218. The van der Waals surface area contributed by atoms with E-state index in [-0.39, 0.29) is 12.5 Å². The maximum absolute atomic E-state index is 11.9. The molecular formula is C17H24BrNO2. The quantitative estimate of drug-likeness (QED) is 0.830. The van der Waals surface area contributed by atoms with Crippen LogP contribution in [0.2, 0.25) is 0 Å². The summed E-state index contributed by atoms with van der Waals surface area (Å²) < 4.78 is 6.53. The Morgan fingerprint density at radius 2 is 2.10 bits per heavy atom. The van der Waals surface area contributed by atoms with Crippen molar-refractivity contribution in [2.75, 3.05) is 6.61 Å².